The molecule has 2 heterocycles. The summed E-state index contributed by atoms with van der Waals surface area (Å²) in [5, 5.41) is 28.5. The van der Waals surface area contributed by atoms with Gasteiger partial charge >= 0.3 is 5.97 Å². The number of guanidine groups is 1. The number of piperidine rings is 1. The molecule has 0 aliphatic carbocycles. The Hall–Kier alpha value is -5.72. The molecule has 2 fully saturated rings. The number of hydrogen-bond acceptors (Lipinski definition) is 6. The molecule has 3 aromatic carbocycles. The van der Waals surface area contributed by atoms with Gasteiger partial charge in [-0.1, -0.05) is 91.0 Å². The van der Waals surface area contributed by atoms with Crippen LogP contribution in [0.1, 0.15) is 55.2 Å². The van der Waals surface area contributed by atoms with Gasteiger partial charge in [0, 0.05) is 18.6 Å². The molecule has 0 radical (unpaired) electrons. The molecular formula is C40H49N7O6. The normalized spacial score (nSPS) is 20.4. The number of rotatable bonds is 17. The molecule has 2 aliphatic rings. The lowest BCUT2D eigenvalue weighted by Crippen LogP contribution is -2.60. The van der Waals surface area contributed by atoms with E-state index in [2.05, 4.69) is 21.3 Å². The van der Waals surface area contributed by atoms with E-state index in [0.717, 1.165) is 16.7 Å². The molecule has 13 heteroatoms. The molecule has 5 rings (SSSR count). The molecule has 0 saturated carbocycles. The van der Waals surface area contributed by atoms with Gasteiger partial charge in [-0.05, 0) is 67.6 Å². The summed E-state index contributed by atoms with van der Waals surface area (Å²) in [6.07, 6.45) is 2.67. The van der Waals surface area contributed by atoms with Crippen LogP contribution < -0.4 is 27.0 Å². The lowest BCUT2D eigenvalue weighted by atomic mass is 9.86. The van der Waals surface area contributed by atoms with Crippen molar-refractivity contribution in [1.82, 2.24) is 26.2 Å². The quantitative estimate of drug-likeness (QED) is 0.0624. The number of nitrogens with zero attached hydrogens (tertiary/aromatic N) is 1. The SMILES string of the molecule is N=C(N)NCCCC(NC(=O)[C@@H]1CC(Cc2ccccc2)C2CCC(NC(=O)Cc3ccccc3)C(=O)N21)C(=O)N[C@@H](CC(=O)O)Cc1ccccc1. The number of fused-ring (bicyclic) bond motifs is 1. The van der Waals surface area contributed by atoms with Crippen LogP contribution in [0.2, 0.25) is 0 Å². The van der Waals surface area contributed by atoms with Gasteiger partial charge in [0.05, 0.1) is 12.8 Å². The molecule has 3 aromatic rings. The van der Waals surface area contributed by atoms with E-state index in [0.29, 0.717) is 32.1 Å². The highest BCUT2D eigenvalue weighted by Gasteiger charge is 2.51. The van der Waals surface area contributed by atoms with Gasteiger partial charge in [-0.15, -0.1) is 0 Å². The van der Waals surface area contributed by atoms with Crippen LogP contribution in [0.4, 0.5) is 0 Å². The van der Waals surface area contributed by atoms with Crippen molar-refractivity contribution in [2.45, 2.75) is 88.0 Å². The van der Waals surface area contributed by atoms with Crippen LogP contribution >= 0.6 is 0 Å². The minimum atomic E-state index is -1.08. The van der Waals surface area contributed by atoms with Crippen molar-refractivity contribution in [3.05, 3.63) is 108 Å². The van der Waals surface area contributed by atoms with E-state index in [9.17, 15) is 29.1 Å². The fraction of sp³-hybridized carbons (Fsp3) is 0.400. The van der Waals surface area contributed by atoms with Gasteiger partial charge in [0.25, 0.3) is 0 Å². The molecule has 53 heavy (non-hydrogen) atoms. The summed E-state index contributed by atoms with van der Waals surface area (Å²) in [7, 11) is 0. The zero-order chi connectivity index (χ0) is 37.7. The molecule has 4 amide bonds. The molecule has 13 nitrogen and oxygen atoms in total. The maximum absolute atomic E-state index is 14.3. The number of amides is 4. The molecule has 2 saturated heterocycles. The second-order valence-corrected chi connectivity index (χ2v) is 13.9. The third-order valence-electron chi connectivity index (χ3n) is 9.96. The van der Waals surface area contributed by atoms with E-state index in [-0.39, 0.29) is 62.0 Å². The van der Waals surface area contributed by atoms with Crippen LogP contribution in [0.25, 0.3) is 0 Å². The number of carbonyl (C=O) groups excluding carboxylic acids is 4. The maximum Gasteiger partial charge on any atom is 0.305 e. The van der Waals surface area contributed by atoms with Gasteiger partial charge < -0.3 is 37.0 Å². The van der Waals surface area contributed by atoms with Crippen molar-refractivity contribution in [2.75, 3.05) is 6.54 Å². The van der Waals surface area contributed by atoms with Gasteiger partial charge in [0.2, 0.25) is 23.6 Å². The number of hydrogen-bond donors (Lipinski definition) is 7. The molecule has 2 aliphatic heterocycles. The largest absolute Gasteiger partial charge is 0.481 e. The lowest BCUT2D eigenvalue weighted by Gasteiger charge is -2.39. The van der Waals surface area contributed by atoms with E-state index < -0.39 is 42.0 Å². The van der Waals surface area contributed by atoms with Crippen molar-refractivity contribution in [2.24, 2.45) is 11.7 Å². The number of nitrogens with two attached hydrogens (primary N) is 1. The Labute approximate surface area is 309 Å². The van der Waals surface area contributed by atoms with Gasteiger partial charge in [-0.2, -0.15) is 0 Å². The molecule has 8 N–H and O–H groups in total. The number of nitrogens with one attached hydrogen (secondary N) is 5. The minimum absolute atomic E-state index is 0.0315. The van der Waals surface area contributed by atoms with Crippen molar-refractivity contribution < 1.29 is 29.1 Å². The first-order valence-electron chi connectivity index (χ1n) is 18.2. The maximum atomic E-state index is 14.3. The van der Waals surface area contributed by atoms with E-state index in [4.69, 9.17) is 11.1 Å². The van der Waals surface area contributed by atoms with Crippen LogP contribution in [0.5, 0.6) is 0 Å². The van der Waals surface area contributed by atoms with Gasteiger partial charge in [-0.3, -0.25) is 29.4 Å². The Morgan fingerprint density at radius 1 is 0.868 bits per heavy atom. The van der Waals surface area contributed by atoms with Crippen LogP contribution in [0, 0.1) is 11.3 Å². The van der Waals surface area contributed by atoms with E-state index >= 15 is 0 Å². The second-order valence-electron chi connectivity index (χ2n) is 13.9. The highest BCUT2D eigenvalue weighted by atomic mass is 16.4. The molecule has 0 spiro atoms. The number of benzene rings is 3. The van der Waals surface area contributed by atoms with Gasteiger partial charge in [-0.25, -0.2) is 0 Å². The van der Waals surface area contributed by atoms with Crippen molar-refractivity contribution in [1.29, 1.82) is 5.41 Å². The molecule has 0 aromatic heterocycles. The summed E-state index contributed by atoms with van der Waals surface area (Å²) in [5.41, 5.74) is 8.20. The zero-order valence-electron chi connectivity index (χ0n) is 29.7. The summed E-state index contributed by atoms with van der Waals surface area (Å²) in [6.45, 7) is 0.275. The molecule has 280 valence electrons. The predicted octanol–water partition coefficient (Wildman–Crippen LogP) is 2.29. The van der Waals surface area contributed by atoms with Gasteiger partial charge in [0.15, 0.2) is 5.96 Å². The first-order valence-corrected chi connectivity index (χ1v) is 18.2. The number of aliphatic carboxylic acids is 1. The average molecular weight is 724 g/mol. The van der Waals surface area contributed by atoms with E-state index in [1.54, 1.807) is 4.90 Å². The Balaban J connectivity index is 1.34. The second kappa shape index (κ2) is 18.7. The zero-order valence-corrected chi connectivity index (χ0v) is 29.7. The third-order valence-corrected chi connectivity index (χ3v) is 9.96. The van der Waals surface area contributed by atoms with Crippen LogP contribution in [-0.4, -0.2) is 82.3 Å². The fourth-order valence-corrected chi connectivity index (χ4v) is 7.53. The Morgan fingerprint density at radius 2 is 1.49 bits per heavy atom. The first kappa shape index (κ1) is 38.5. The number of carboxylic acid groups (broad SMARTS) is 1. The summed E-state index contributed by atoms with van der Waals surface area (Å²) >= 11 is 0. The van der Waals surface area contributed by atoms with Crippen LogP contribution in [0.3, 0.4) is 0 Å². The van der Waals surface area contributed by atoms with Gasteiger partial charge in [0.1, 0.15) is 18.1 Å². The lowest BCUT2D eigenvalue weighted by molar-refractivity contribution is -0.147. The summed E-state index contributed by atoms with van der Waals surface area (Å²) in [5.74, 6) is -2.98. The number of carbonyl (C=O) groups is 5. The molecular weight excluding hydrogens is 674 g/mol. The molecule has 4 unspecified atom stereocenters. The third kappa shape index (κ3) is 11.1. The average Bonchev–Trinajstić information content (AvgIpc) is 3.50. The first-order chi connectivity index (χ1) is 25.6. The standard InChI is InChI=1S/C40H49N7O6/c41-40(42)43-20-10-17-31(37(51)44-30(25-36(49)50)22-27-13-6-2-7-14-27)46-38(52)34-24-29(21-26-11-4-1-5-12-26)33-19-18-32(39(53)47(33)34)45-35(48)23-28-15-8-3-9-16-28/h1-9,11-16,29-34H,10,17-25H2,(H,44,51)(H,45,48)(H,46,52)(H,49,50)(H4,41,42,43)/t29?,30-,31?,32?,33?,34+/m1/s1. The Kier molecular flexibility index (Phi) is 13.6. The summed E-state index contributed by atoms with van der Waals surface area (Å²) < 4.78 is 0. The van der Waals surface area contributed by atoms with E-state index in [1.807, 2.05) is 91.0 Å². The highest BCUT2D eigenvalue weighted by molar-refractivity contribution is 5.95. The number of carboxylic acids is 1. The van der Waals surface area contributed by atoms with Crippen molar-refractivity contribution >= 4 is 35.6 Å². The fourth-order valence-electron chi connectivity index (χ4n) is 7.53. The van der Waals surface area contributed by atoms with E-state index in [1.165, 1.54) is 0 Å². The Bertz CT molecular complexity index is 1730. The monoisotopic (exact) mass is 723 g/mol. The Morgan fingerprint density at radius 3 is 2.11 bits per heavy atom. The summed E-state index contributed by atoms with van der Waals surface area (Å²) in [6, 6.07) is 24.6. The highest BCUT2D eigenvalue weighted by Crippen LogP contribution is 2.39. The van der Waals surface area contributed by atoms with Crippen molar-refractivity contribution in [3.63, 3.8) is 0 Å². The topological polar surface area (TPSA) is 207 Å². The smallest absolute Gasteiger partial charge is 0.305 e. The van der Waals surface area contributed by atoms with Crippen LogP contribution in [0.15, 0.2) is 91.0 Å². The van der Waals surface area contributed by atoms with Crippen molar-refractivity contribution in [3.8, 4) is 0 Å². The molecule has 6 atom stereocenters. The predicted molar refractivity (Wildman–Crippen MR) is 199 cm³/mol. The van der Waals surface area contributed by atoms with Crippen LogP contribution in [-0.2, 0) is 43.2 Å². The molecule has 0 bridgehead atoms. The minimum Gasteiger partial charge on any atom is -0.481 e. The summed E-state index contributed by atoms with van der Waals surface area (Å²) in [4.78, 5) is 68.7.